The molecule has 2 N–H and O–H groups in total. The van der Waals surface area contributed by atoms with Gasteiger partial charge in [0, 0.05) is 43.0 Å². The number of benzene rings is 1. The van der Waals surface area contributed by atoms with Crippen LogP contribution in [0.5, 0.6) is 5.75 Å². The predicted molar refractivity (Wildman–Crippen MR) is 123 cm³/mol. The minimum atomic E-state index is -1.06. The molecule has 2 heterocycles. The Morgan fingerprint density at radius 1 is 1.25 bits per heavy atom. The monoisotopic (exact) mass is 438 g/mol. The van der Waals surface area contributed by atoms with Crippen LogP contribution in [0.15, 0.2) is 24.3 Å². The quantitative estimate of drug-likeness (QED) is 0.639. The van der Waals surface area contributed by atoms with Gasteiger partial charge >= 0.3 is 5.97 Å². The Labute approximate surface area is 188 Å². The van der Waals surface area contributed by atoms with E-state index < -0.39 is 12.6 Å². The first-order valence-electron chi connectivity index (χ1n) is 10.4. The first kappa shape index (κ1) is 23.2. The maximum Gasteiger partial charge on any atom is 0.341 e. The zero-order chi connectivity index (χ0) is 23.8. The largest absolute Gasteiger partial charge is 0.479 e. The van der Waals surface area contributed by atoms with E-state index in [1.165, 1.54) is 0 Å². The molecule has 0 fully saturated rings. The molecule has 0 radical (unpaired) electrons. The van der Waals surface area contributed by atoms with Crippen LogP contribution in [0.1, 0.15) is 53.6 Å². The first-order chi connectivity index (χ1) is 14.9. The molecule has 8 heteroatoms. The maximum absolute atomic E-state index is 13.3. The topological polar surface area (TPSA) is 107 Å². The molecule has 1 aromatic heterocycles. The molecule has 3 rings (SSSR count). The van der Waals surface area contributed by atoms with Crippen molar-refractivity contribution in [3.8, 4) is 5.75 Å². The molecule has 0 spiro atoms. The van der Waals surface area contributed by atoms with Gasteiger partial charge in [-0.15, -0.1) is 0 Å². The van der Waals surface area contributed by atoms with Gasteiger partial charge in [0.25, 0.3) is 0 Å². The molecular weight excluding hydrogens is 408 g/mol. The molecule has 32 heavy (non-hydrogen) atoms. The van der Waals surface area contributed by atoms with Gasteiger partial charge in [0.1, 0.15) is 17.3 Å². The number of amidine groups is 1. The van der Waals surface area contributed by atoms with E-state index in [1.54, 1.807) is 17.0 Å². The highest BCUT2D eigenvalue weighted by Crippen LogP contribution is 2.40. The predicted octanol–water partition coefficient (Wildman–Crippen LogP) is 3.24. The molecular formula is C24H30N4O4. The van der Waals surface area contributed by atoms with Crippen LogP contribution in [-0.4, -0.2) is 59.8 Å². The Balaban J connectivity index is 1.95. The summed E-state index contributed by atoms with van der Waals surface area (Å²) < 4.78 is 5.65. The third-order valence-corrected chi connectivity index (χ3v) is 5.38. The lowest BCUT2D eigenvalue weighted by Crippen LogP contribution is -2.31. The van der Waals surface area contributed by atoms with Gasteiger partial charge in [-0.1, -0.05) is 26.8 Å². The molecule has 0 amide bonds. The molecule has 0 atom stereocenters. The number of rotatable bonds is 7. The third-order valence-electron chi connectivity index (χ3n) is 5.38. The fourth-order valence-corrected chi connectivity index (χ4v) is 3.70. The van der Waals surface area contributed by atoms with Crippen molar-refractivity contribution >= 4 is 23.3 Å². The fourth-order valence-electron chi connectivity index (χ4n) is 3.70. The summed E-state index contributed by atoms with van der Waals surface area (Å²) in [6.45, 7) is 7.91. The number of anilines is 1. The van der Waals surface area contributed by atoms with Crippen molar-refractivity contribution < 1.29 is 19.4 Å². The number of aromatic nitrogens is 1. The van der Waals surface area contributed by atoms with Gasteiger partial charge in [0.05, 0.1) is 12.2 Å². The van der Waals surface area contributed by atoms with Gasteiger partial charge in [-0.3, -0.25) is 10.2 Å². The number of pyridine rings is 1. The number of aryl methyl sites for hydroxylation is 1. The highest BCUT2D eigenvalue weighted by Gasteiger charge is 2.30. The van der Waals surface area contributed by atoms with Crippen molar-refractivity contribution in [1.29, 1.82) is 5.41 Å². The smallest absolute Gasteiger partial charge is 0.341 e. The Bertz CT molecular complexity index is 1090. The number of hydrogen-bond acceptors (Lipinski definition) is 6. The van der Waals surface area contributed by atoms with Crippen LogP contribution in [0.25, 0.3) is 0 Å². The normalized spacial score (nSPS) is 13.2. The van der Waals surface area contributed by atoms with Crippen molar-refractivity contribution in [3.05, 3.63) is 52.3 Å². The van der Waals surface area contributed by atoms with Crippen LogP contribution in [-0.2, 0) is 16.8 Å². The summed E-state index contributed by atoms with van der Waals surface area (Å²) >= 11 is 0. The molecule has 1 aliphatic rings. The summed E-state index contributed by atoms with van der Waals surface area (Å²) in [5.41, 5.74) is 3.91. The summed E-state index contributed by atoms with van der Waals surface area (Å²) in [5, 5.41) is 17.5. The van der Waals surface area contributed by atoms with E-state index in [4.69, 9.17) is 15.3 Å². The Morgan fingerprint density at radius 3 is 2.53 bits per heavy atom. The van der Waals surface area contributed by atoms with Gasteiger partial charge < -0.3 is 19.6 Å². The summed E-state index contributed by atoms with van der Waals surface area (Å²) in [6, 6.07) is 7.37. The molecule has 0 unspecified atom stereocenters. The van der Waals surface area contributed by atoms with E-state index >= 15 is 0 Å². The average Bonchev–Trinajstić information content (AvgIpc) is 2.99. The number of nitrogens with zero attached hydrogens (tertiary/aromatic N) is 3. The maximum atomic E-state index is 13.3. The van der Waals surface area contributed by atoms with Gasteiger partial charge in [-0.25, -0.2) is 9.78 Å². The van der Waals surface area contributed by atoms with E-state index in [9.17, 15) is 9.59 Å². The number of hydrogen-bond donors (Lipinski definition) is 2. The van der Waals surface area contributed by atoms with Crippen LogP contribution in [0.4, 0.5) is 5.69 Å². The SMILES string of the molecule is Cc1ccc2c(n1)C(=N)N(CC(=O)c1cc(N(C)C)c(OCC(=O)O)c(C(C)(C)C)c1)C2. The lowest BCUT2D eigenvalue weighted by atomic mass is 9.84. The van der Waals surface area contributed by atoms with Crippen LogP contribution in [0.2, 0.25) is 0 Å². The molecule has 170 valence electrons. The van der Waals surface area contributed by atoms with Crippen molar-refractivity contribution in [2.45, 2.75) is 39.7 Å². The highest BCUT2D eigenvalue weighted by atomic mass is 16.5. The third kappa shape index (κ3) is 4.74. The minimum Gasteiger partial charge on any atom is -0.479 e. The second-order valence-corrected chi connectivity index (χ2v) is 9.29. The standard InChI is InChI=1S/C24H30N4O4/c1-14-7-8-15-11-28(23(25)21(15)26-14)12-19(29)16-9-17(24(2,3)4)22(32-13-20(30)31)18(10-16)27(5)6/h7-10,25H,11-13H2,1-6H3,(H,30,31). The number of nitrogens with one attached hydrogen (secondary N) is 1. The van der Waals surface area contributed by atoms with Gasteiger partial charge in [-0.2, -0.15) is 0 Å². The number of fused-ring (bicyclic) bond motifs is 1. The second-order valence-electron chi connectivity index (χ2n) is 9.29. The lowest BCUT2D eigenvalue weighted by molar-refractivity contribution is -0.139. The van der Waals surface area contributed by atoms with Crippen LogP contribution >= 0.6 is 0 Å². The number of carboxylic acid groups (broad SMARTS) is 1. The lowest BCUT2D eigenvalue weighted by Gasteiger charge is -2.28. The Kier molecular flexibility index (Phi) is 6.25. The van der Waals surface area contributed by atoms with Crippen LogP contribution in [0, 0.1) is 12.3 Å². The van der Waals surface area contributed by atoms with Gasteiger partial charge in [0.2, 0.25) is 0 Å². The van der Waals surface area contributed by atoms with E-state index in [1.807, 2.05) is 58.8 Å². The van der Waals surface area contributed by atoms with E-state index in [0.29, 0.717) is 29.2 Å². The molecule has 0 bridgehead atoms. The van der Waals surface area contributed by atoms with Crippen LogP contribution < -0.4 is 9.64 Å². The summed E-state index contributed by atoms with van der Waals surface area (Å²) in [4.78, 5) is 32.4. The zero-order valence-corrected chi connectivity index (χ0v) is 19.4. The molecule has 0 aliphatic carbocycles. The van der Waals surface area contributed by atoms with Gasteiger partial charge in [0.15, 0.2) is 12.4 Å². The molecule has 0 saturated carbocycles. The van der Waals surface area contributed by atoms with E-state index in [-0.39, 0.29) is 23.6 Å². The number of ether oxygens (including phenoxy) is 1. The zero-order valence-electron chi connectivity index (χ0n) is 19.4. The number of aliphatic carboxylic acids is 1. The highest BCUT2D eigenvalue weighted by molar-refractivity contribution is 6.05. The van der Waals surface area contributed by atoms with Crippen molar-refractivity contribution in [3.63, 3.8) is 0 Å². The number of ketones is 1. The summed E-state index contributed by atoms with van der Waals surface area (Å²) in [5.74, 6) is -0.479. The van der Waals surface area contributed by atoms with E-state index in [0.717, 1.165) is 16.8 Å². The van der Waals surface area contributed by atoms with Crippen molar-refractivity contribution in [2.75, 3.05) is 32.1 Å². The Morgan fingerprint density at radius 2 is 1.94 bits per heavy atom. The number of Topliss-reactive ketones (excluding diaryl/α,β-unsaturated/α-hetero) is 1. The number of carboxylic acids is 1. The fraction of sp³-hybridized carbons (Fsp3) is 0.417. The van der Waals surface area contributed by atoms with Gasteiger partial charge in [-0.05, 0) is 30.5 Å². The number of carbonyl (C=O) groups excluding carboxylic acids is 1. The first-order valence-corrected chi connectivity index (χ1v) is 10.4. The summed E-state index contributed by atoms with van der Waals surface area (Å²) in [7, 11) is 3.65. The molecule has 1 aliphatic heterocycles. The number of carbonyl (C=O) groups is 2. The molecule has 0 saturated heterocycles. The Hall–Kier alpha value is -3.42. The molecule has 1 aromatic carbocycles. The molecule has 2 aromatic rings. The van der Waals surface area contributed by atoms with Crippen LogP contribution in [0.3, 0.4) is 0 Å². The van der Waals surface area contributed by atoms with Crippen molar-refractivity contribution in [2.24, 2.45) is 0 Å². The minimum absolute atomic E-state index is 0.0556. The summed E-state index contributed by atoms with van der Waals surface area (Å²) in [6.07, 6.45) is 0. The van der Waals surface area contributed by atoms with E-state index in [2.05, 4.69) is 4.98 Å². The average molecular weight is 439 g/mol. The molecule has 8 nitrogen and oxygen atoms in total. The van der Waals surface area contributed by atoms with Crippen molar-refractivity contribution in [1.82, 2.24) is 9.88 Å². The second kappa shape index (κ2) is 8.61.